The summed E-state index contributed by atoms with van der Waals surface area (Å²) in [6.45, 7) is 7.51. The Balaban J connectivity index is 0.000000228. The molecule has 2 unspecified atom stereocenters. The summed E-state index contributed by atoms with van der Waals surface area (Å²) in [5.74, 6) is 0.544. The molecular formula is C24H24FN5O2. The van der Waals surface area contributed by atoms with E-state index in [2.05, 4.69) is 21.6 Å². The molecule has 0 bridgehead atoms. The molecule has 3 rings (SSSR count). The third-order valence-electron chi connectivity index (χ3n) is 4.14. The van der Waals surface area contributed by atoms with Gasteiger partial charge < -0.3 is 4.74 Å². The molecule has 0 aliphatic heterocycles. The van der Waals surface area contributed by atoms with E-state index < -0.39 is 12.1 Å². The van der Waals surface area contributed by atoms with Crippen molar-refractivity contribution in [3.8, 4) is 23.2 Å². The summed E-state index contributed by atoms with van der Waals surface area (Å²) in [5.41, 5.74) is 1.17. The van der Waals surface area contributed by atoms with Gasteiger partial charge in [0.15, 0.2) is 11.6 Å². The molecule has 0 aliphatic carbocycles. The van der Waals surface area contributed by atoms with Crippen molar-refractivity contribution in [1.82, 2.24) is 19.7 Å². The van der Waals surface area contributed by atoms with Gasteiger partial charge in [0.1, 0.15) is 11.9 Å². The van der Waals surface area contributed by atoms with Crippen molar-refractivity contribution in [1.29, 1.82) is 5.26 Å². The Morgan fingerprint density at radius 3 is 2.50 bits per heavy atom. The lowest BCUT2D eigenvalue weighted by molar-refractivity contribution is 0.337. The number of nitriles is 1. The van der Waals surface area contributed by atoms with E-state index in [1.165, 1.54) is 35.3 Å². The minimum absolute atomic E-state index is 0.174. The molecule has 0 saturated heterocycles. The molecule has 0 radical (unpaired) electrons. The van der Waals surface area contributed by atoms with Gasteiger partial charge in [-0.2, -0.15) is 10.4 Å². The molecule has 164 valence electrons. The first kappa shape index (κ1) is 24.2. The standard InChI is InChI=1S/C12H12FN3O.C12H12N2O/c1-3-10(8-14)11(13)4-6-16-7-5-12(17)9(2)15-16;1-2-15-11-8-13-12(14-9-11)10-6-4-3-5-7-10/h3-7,10-11H,1H2,2H3;3-9H,2H2,1H3/b6-4+;. The van der Waals surface area contributed by atoms with Crippen LogP contribution in [-0.4, -0.2) is 32.5 Å². The average molecular weight is 433 g/mol. The molecular weight excluding hydrogens is 409 g/mol. The molecule has 32 heavy (non-hydrogen) atoms. The van der Waals surface area contributed by atoms with E-state index in [9.17, 15) is 9.18 Å². The van der Waals surface area contributed by atoms with Crippen LogP contribution in [0.15, 0.2) is 78.5 Å². The zero-order chi connectivity index (χ0) is 23.3. The maximum absolute atomic E-state index is 13.5. The van der Waals surface area contributed by atoms with Crippen LogP contribution in [0.4, 0.5) is 4.39 Å². The van der Waals surface area contributed by atoms with Crippen molar-refractivity contribution in [3.63, 3.8) is 0 Å². The van der Waals surface area contributed by atoms with Crippen molar-refractivity contribution >= 4 is 6.20 Å². The SMILES string of the molecule is C=CC(C#N)C(F)/C=C/n1ccc(=O)c(C)n1.CCOc1cnc(-c2ccccc2)nc1. The van der Waals surface area contributed by atoms with Crippen LogP contribution in [0.1, 0.15) is 12.6 Å². The number of hydrogen-bond donors (Lipinski definition) is 0. The monoisotopic (exact) mass is 433 g/mol. The number of ether oxygens (including phenoxy) is 1. The molecule has 1 aromatic carbocycles. The summed E-state index contributed by atoms with van der Waals surface area (Å²) >= 11 is 0. The molecule has 0 spiro atoms. The molecule has 0 N–H and O–H groups in total. The highest BCUT2D eigenvalue weighted by Crippen LogP contribution is 2.15. The molecule has 2 atom stereocenters. The molecule has 3 aromatic rings. The van der Waals surface area contributed by atoms with Crippen LogP contribution in [0.3, 0.4) is 0 Å². The average Bonchev–Trinajstić information content (AvgIpc) is 2.82. The lowest BCUT2D eigenvalue weighted by Crippen LogP contribution is -2.12. The van der Waals surface area contributed by atoms with E-state index in [0.29, 0.717) is 18.1 Å². The van der Waals surface area contributed by atoms with E-state index in [1.54, 1.807) is 25.4 Å². The number of hydrogen-bond acceptors (Lipinski definition) is 6. The number of nitrogens with zero attached hydrogens (tertiary/aromatic N) is 5. The van der Waals surface area contributed by atoms with Gasteiger partial charge in [-0.3, -0.25) is 4.79 Å². The van der Waals surface area contributed by atoms with Gasteiger partial charge in [0.25, 0.3) is 0 Å². The Hall–Kier alpha value is -4.12. The molecule has 2 aromatic heterocycles. The minimum atomic E-state index is -1.45. The van der Waals surface area contributed by atoms with Crippen molar-refractivity contribution in [3.05, 3.63) is 89.6 Å². The number of rotatable bonds is 7. The number of aryl methyl sites for hydroxylation is 1. The van der Waals surface area contributed by atoms with Crippen LogP contribution in [0, 0.1) is 24.2 Å². The molecule has 7 nitrogen and oxygen atoms in total. The van der Waals surface area contributed by atoms with Crippen LogP contribution < -0.4 is 10.2 Å². The summed E-state index contributed by atoms with van der Waals surface area (Å²) in [6, 6.07) is 13.0. The maximum Gasteiger partial charge on any atom is 0.203 e. The Morgan fingerprint density at radius 1 is 1.25 bits per heavy atom. The van der Waals surface area contributed by atoms with Gasteiger partial charge in [-0.05, 0) is 19.9 Å². The van der Waals surface area contributed by atoms with E-state index in [0.717, 1.165) is 11.4 Å². The summed E-state index contributed by atoms with van der Waals surface area (Å²) in [6.07, 6.45) is 7.18. The normalized spacial score (nSPS) is 12.2. The first-order valence-electron chi connectivity index (χ1n) is 9.89. The number of aromatic nitrogens is 4. The predicted octanol–water partition coefficient (Wildman–Crippen LogP) is 4.23. The quantitative estimate of drug-likeness (QED) is 0.518. The smallest absolute Gasteiger partial charge is 0.203 e. The summed E-state index contributed by atoms with van der Waals surface area (Å²) in [5, 5.41) is 12.5. The van der Waals surface area contributed by atoms with Gasteiger partial charge >= 0.3 is 0 Å². The van der Waals surface area contributed by atoms with Gasteiger partial charge in [0.2, 0.25) is 5.43 Å². The molecule has 8 heteroatoms. The van der Waals surface area contributed by atoms with Crippen LogP contribution in [0.25, 0.3) is 17.6 Å². The van der Waals surface area contributed by atoms with Crippen molar-refractivity contribution in [2.75, 3.05) is 6.61 Å². The molecule has 0 aliphatic rings. The van der Waals surface area contributed by atoms with Crippen LogP contribution in [0.5, 0.6) is 5.75 Å². The third kappa shape index (κ3) is 7.29. The third-order valence-corrected chi connectivity index (χ3v) is 4.14. The largest absolute Gasteiger partial charge is 0.491 e. The van der Waals surface area contributed by atoms with Gasteiger partial charge in [-0.25, -0.2) is 19.0 Å². The van der Waals surface area contributed by atoms with Gasteiger partial charge in [0, 0.05) is 24.0 Å². The summed E-state index contributed by atoms with van der Waals surface area (Å²) < 4.78 is 20.0. The first-order valence-corrected chi connectivity index (χ1v) is 9.89. The summed E-state index contributed by atoms with van der Waals surface area (Å²) in [7, 11) is 0. The Bertz CT molecular complexity index is 1120. The topological polar surface area (TPSA) is 93.7 Å². The highest BCUT2D eigenvalue weighted by atomic mass is 19.1. The summed E-state index contributed by atoms with van der Waals surface area (Å²) in [4.78, 5) is 19.5. The predicted molar refractivity (Wildman–Crippen MR) is 121 cm³/mol. The van der Waals surface area contributed by atoms with Crippen LogP contribution in [-0.2, 0) is 0 Å². The van der Waals surface area contributed by atoms with Crippen molar-refractivity contribution in [2.24, 2.45) is 5.92 Å². The fourth-order valence-corrected chi connectivity index (χ4v) is 2.44. The molecule has 0 fully saturated rings. The number of benzene rings is 1. The van der Waals surface area contributed by atoms with Crippen molar-refractivity contribution < 1.29 is 9.13 Å². The lowest BCUT2D eigenvalue weighted by Gasteiger charge is -2.05. The van der Waals surface area contributed by atoms with E-state index in [-0.39, 0.29) is 5.43 Å². The maximum atomic E-state index is 13.5. The Kier molecular flexibility index (Phi) is 9.47. The second kappa shape index (κ2) is 12.5. The van der Waals surface area contributed by atoms with E-state index >= 15 is 0 Å². The van der Waals surface area contributed by atoms with Crippen LogP contribution in [0.2, 0.25) is 0 Å². The molecule has 0 amide bonds. The first-order chi connectivity index (χ1) is 15.5. The second-order valence-corrected chi connectivity index (χ2v) is 6.46. The zero-order valence-electron chi connectivity index (χ0n) is 17.9. The number of halogens is 1. The highest BCUT2D eigenvalue weighted by molar-refractivity contribution is 5.54. The van der Waals surface area contributed by atoms with E-state index in [1.807, 2.05) is 37.3 Å². The zero-order valence-corrected chi connectivity index (χ0v) is 17.9. The van der Waals surface area contributed by atoms with Gasteiger partial charge in [0.05, 0.1) is 31.0 Å². The Labute approximate surface area is 186 Å². The number of allylic oxidation sites excluding steroid dienone is 2. The molecule has 0 saturated carbocycles. The number of alkyl halides is 1. The lowest BCUT2D eigenvalue weighted by atomic mass is 10.1. The van der Waals surface area contributed by atoms with Gasteiger partial charge in [-0.1, -0.05) is 36.4 Å². The second-order valence-electron chi connectivity index (χ2n) is 6.46. The van der Waals surface area contributed by atoms with Crippen LogP contribution >= 0.6 is 0 Å². The Morgan fingerprint density at radius 2 is 1.94 bits per heavy atom. The van der Waals surface area contributed by atoms with E-state index in [4.69, 9.17) is 10.00 Å². The molecule has 2 heterocycles. The van der Waals surface area contributed by atoms with Gasteiger partial charge in [-0.15, -0.1) is 6.58 Å². The fourth-order valence-electron chi connectivity index (χ4n) is 2.44. The van der Waals surface area contributed by atoms with Crippen molar-refractivity contribution in [2.45, 2.75) is 20.0 Å². The minimum Gasteiger partial charge on any atom is -0.491 e. The fraction of sp³-hybridized carbons (Fsp3) is 0.208. The highest BCUT2D eigenvalue weighted by Gasteiger charge is 2.13.